The summed E-state index contributed by atoms with van der Waals surface area (Å²) in [5.74, 6) is -1.67. The number of hydrogen-bond donors (Lipinski definition) is 0. The Balaban J connectivity index is 0. The van der Waals surface area contributed by atoms with Crippen LogP contribution in [0.25, 0.3) is 0 Å². The van der Waals surface area contributed by atoms with Crippen LogP contribution < -0.4 is 5.11 Å². The van der Waals surface area contributed by atoms with Crippen LogP contribution in [0.3, 0.4) is 0 Å². The van der Waals surface area contributed by atoms with Gasteiger partial charge in [0.25, 0.3) is 0 Å². The van der Waals surface area contributed by atoms with Crippen molar-refractivity contribution in [1.29, 1.82) is 0 Å². The van der Waals surface area contributed by atoms with Gasteiger partial charge in [0.2, 0.25) is 0 Å². The van der Waals surface area contributed by atoms with Crippen molar-refractivity contribution in [3.63, 3.8) is 0 Å². The smallest absolute Gasteiger partial charge is 0.550 e. The maximum atomic E-state index is 11.1. The summed E-state index contributed by atoms with van der Waals surface area (Å²) in [7, 11) is 0. The molecule has 0 aromatic carbocycles. The number of carboxylic acids is 1. The summed E-state index contributed by atoms with van der Waals surface area (Å²) < 4.78 is 33.4. The average Bonchev–Trinajstić information content (AvgIpc) is 1.59. The molecular weight excluding hydrogens is 245 g/mol. The van der Waals surface area contributed by atoms with E-state index in [0.717, 1.165) is 0 Å². The Labute approximate surface area is 70.9 Å². The molecule has 0 aromatic rings. The van der Waals surface area contributed by atoms with Gasteiger partial charge >= 0.3 is 28.6 Å². The molecule has 0 rings (SSSR count). The van der Waals surface area contributed by atoms with E-state index in [2.05, 4.69) is 0 Å². The van der Waals surface area contributed by atoms with Crippen LogP contribution in [-0.2, 0) is 27.2 Å². The molecule has 0 saturated carbocycles. The standard InChI is InChI=1S/C4H5F3O2.Ag/c5-4(6,7)2-1-3(8)9;/h1-2H2,(H,8,9);/q;+1/p-1. The Kier molecular flexibility index (Phi) is 6.03. The zero-order valence-electron chi connectivity index (χ0n) is 4.67. The van der Waals surface area contributed by atoms with Crippen molar-refractivity contribution in [2.24, 2.45) is 0 Å². The van der Waals surface area contributed by atoms with Crippen LogP contribution in [0.1, 0.15) is 12.8 Å². The molecule has 10 heavy (non-hydrogen) atoms. The molecule has 0 bridgehead atoms. The molecule has 0 unspecified atom stereocenters. The number of aliphatic carboxylic acids is 1. The molecule has 0 heterocycles. The van der Waals surface area contributed by atoms with Gasteiger partial charge in [-0.1, -0.05) is 0 Å². The number of alkyl halides is 3. The van der Waals surface area contributed by atoms with E-state index in [1.807, 2.05) is 0 Å². The minimum Gasteiger partial charge on any atom is -0.550 e. The fourth-order valence-electron chi connectivity index (χ4n) is 0.244. The summed E-state index contributed by atoms with van der Waals surface area (Å²) in [5.41, 5.74) is 0. The predicted molar refractivity (Wildman–Crippen MR) is 20.3 cm³/mol. The second-order valence-electron chi connectivity index (χ2n) is 1.49. The second kappa shape index (κ2) is 4.76. The van der Waals surface area contributed by atoms with Crippen molar-refractivity contribution < 1.29 is 45.5 Å². The van der Waals surface area contributed by atoms with Gasteiger partial charge in [-0.15, -0.1) is 0 Å². The van der Waals surface area contributed by atoms with E-state index in [4.69, 9.17) is 0 Å². The molecule has 0 spiro atoms. The quantitative estimate of drug-likeness (QED) is 0.650. The Morgan fingerprint density at radius 2 is 1.80 bits per heavy atom. The zero-order chi connectivity index (χ0) is 7.49. The fourth-order valence-corrected chi connectivity index (χ4v) is 0.244. The molecule has 6 heteroatoms. The predicted octanol–water partition coefficient (Wildman–Crippen LogP) is 0.0763. The van der Waals surface area contributed by atoms with Gasteiger partial charge in [0.1, 0.15) is 0 Å². The zero-order valence-corrected chi connectivity index (χ0v) is 6.15. The van der Waals surface area contributed by atoms with Gasteiger partial charge in [0.05, 0.1) is 0 Å². The molecule has 0 aliphatic carbocycles. The molecule has 2 nitrogen and oxygen atoms in total. The summed E-state index contributed by atoms with van der Waals surface area (Å²) in [6.45, 7) is 0. The van der Waals surface area contributed by atoms with E-state index in [9.17, 15) is 23.1 Å². The third kappa shape index (κ3) is 10.9. The Morgan fingerprint density at radius 1 is 1.40 bits per heavy atom. The molecular formula is C4H4AgF3O2. The van der Waals surface area contributed by atoms with Gasteiger partial charge in [-0.2, -0.15) is 13.2 Å². The summed E-state index contributed by atoms with van der Waals surface area (Å²) in [4.78, 5) is 9.43. The van der Waals surface area contributed by atoms with Crippen molar-refractivity contribution in [2.45, 2.75) is 19.0 Å². The summed E-state index contributed by atoms with van der Waals surface area (Å²) in [6.07, 6.45) is -6.65. The van der Waals surface area contributed by atoms with Gasteiger partial charge in [0, 0.05) is 12.4 Å². The summed E-state index contributed by atoms with van der Waals surface area (Å²) in [6, 6.07) is 0. The van der Waals surface area contributed by atoms with Crippen molar-refractivity contribution in [2.75, 3.05) is 0 Å². The minimum absolute atomic E-state index is 0. The van der Waals surface area contributed by atoms with Gasteiger partial charge in [-0.25, -0.2) is 0 Å². The van der Waals surface area contributed by atoms with Crippen LogP contribution in [0.5, 0.6) is 0 Å². The number of carbonyl (C=O) groups excluding carboxylic acids is 1. The molecule has 0 radical (unpaired) electrons. The van der Waals surface area contributed by atoms with Crippen molar-refractivity contribution >= 4 is 5.97 Å². The molecule has 0 saturated heterocycles. The van der Waals surface area contributed by atoms with E-state index in [1.165, 1.54) is 0 Å². The Bertz CT molecular complexity index is 112. The van der Waals surface area contributed by atoms with Crippen molar-refractivity contribution in [3.8, 4) is 0 Å². The normalized spacial score (nSPS) is 10.3. The molecule has 0 aliphatic rings. The van der Waals surface area contributed by atoms with E-state index in [-0.39, 0.29) is 22.4 Å². The molecule has 64 valence electrons. The third-order valence-electron chi connectivity index (χ3n) is 0.613. The topological polar surface area (TPSA) is 40.1 Å². The number of rotatable bonds is 2. The maximum Gasteiger partial charge on any atom is 1.00 e. The number of hydrogen-bond acceptors (Lipinski definition) is 2. The van der Waals surface area contributed by atoms with E-state index < -0.39 is 25.0 Å². The number of carbonyl (C=O) groups is 1. The molecule has 0 aliphatic heterocycles. The molecule has 0 N–H and O–H groups in total. The van der Waals surface area contributed by atoms with Crippen LogP contribution >= 0.6 is 0 Å². The van der Waals surface area contributed by atoms with Crippen molar-refractivity contribution in [3.05, 3.63) is 0 Å². The maximum absolute atomic E-state index is 11.1. The fraction of sp³-hybridized carbons (Fsp3) is 0.750. The van der Waals surface area contributed by atoms with Crippen LogP contribution in [0.2, 0.25) is 0 Å². The van der Waals surface area contributed by atoms with E-state index >= 15 is 0 Å². The number of carboxylic acid groups (broad SMARTS) is 1. The first-order valence-corrected chi connectivity index (χ1v) is 2.18. The van der Waals surface area contributed by atoms with Crippen LogP contribution in [-0.4, -0.2) is 12.1 Å². The van der Waals surface area contributed by atoms with E-state index in [0.29, 0.717) is 0 Å². The van der Waals surface area contributed by atoms with Gasteiger partial charge in [-0.3, -0.25) is 0 Å². The van der Waals surface area contributed by atoms with E-state index in [1.54, 1.807) is 0 Å². The molecule has 0 aromatic heterocycles. The molecule has 0 amide bonds. The van der Waals surface area contributed by atoms with Crippen molar-refractivity contribution in [1.82, 2.24) is 0 Å². The largest absolute Gasteiger partial charge is 1.00 e. The average molecular weight is 249 g/mol. The van der Waals surface area contributed by atoms with Gasteiger partial charge in [0.15, 0.2) is 0 Å². The van der Waals surface area contributed by atoms with Crippen LogP contribution in [0.4, 0.5) is 13.2 Å². The van der Waals surface area contributed by atoms with Crippen LogP contribution in [0.15, 0.2) is 0 Å². The number of halogens is 3. The first-order chi connectivity index (χ1) is 3.92. The van der Waals surface area contributed by atoms with Crippen LogP contribution in [0, 0.1) is 0 Å². The monoisotopic (exact) mass is 248 g/mol. The summed E-state index contributed by atoms with van der Waals surface area (Å²) in [5, 5.41) is 9.43. The third-order valence-corrected chi connectivity index (χ3v) is 0.613. The first kappa shape index (κ1) is 12.7. The second-order valence-corrected chi connectivity index (χ2v) is 1.49. The van der Waals surface area contributed by atoms with Gasteiger partial charge < -0.3 is 9.90 Å². The minimum atomic E-state index is -4.39. The summed E-state index contributed by atoms with van der Waals surface area (Å²) >= 11 is 0. The Hall–Kier alpha value is 0.000260. The SMILES string of the molecule is O=C([O-])CCC(F)(F)F.[Ag+]. The van der Waals surface area contributed by atoms with Gasteiger partial charge in [-0.05, 0) is 6.42 Å². The molecule has 0 fully saturated rings. The molecule has 0 atom stereocenters. The first-order valence-electron chi connectivity index (χ1n) is 2.18. The Morgan fingerprint density at radius 3 is 1.90 bits per heavy atom.